The SMILES string of the molecule is C.Cc1cc(C)c(CBr)c(C)c1CBr.Cc1cc(C)cc(C)c1. The molecule has 0 bridgehead atoms. The monoisotopic (exact) mass is 440 g/mol. The summed E-state index contributed by atoms with van der Waals surface area (Å²) in [6.45, 7) is 12.9. The molecule has 0 nitrogen and oxygen atoms in total. The van der Waals surface area contributed by atoms with Crippen molar-refractivity contribution < 1.29 is 0 Å². The van der Waals surface area contributed by atoms with E-state index in [1.54, 1.807) is 0 Å². The van der Waals surface area contributed by atoms with E-state index in [1.165, 1.54) is 44.5 Å². The smallest absolute Gasteiger partial charge is 0.0288 e. The molecule has 2 aromatic rings. The summed E-state index contributed by atoms with van der Waals surface area (Å²) in [7, 11) is 0. The Morgan fingerprint density at radius 3 is 1.17 bits per heavy atom. The van der Waals surface area contributed by atoms with Crippen LogP contribution in [-0.4, -0.2) is 0 Å². The van der Waals surface area contributed by atoms with E-state index in [1.807, 2.05) is 0 Å². The molecule has 0 spiro atoms. The van der Waals surface area contributed by atoms with E-state index in [4.69, 9.17) is 0 Å². The predicted octanol–water partition coefficient (Wildman–Crippen LogP) is 7.65. The Balaban J connectivity index is 0.000000427. The minimum absolute atomic E-state index is 0. The fourth-order valence-corrected chi connectivity index (χ4v) is 4.61. The lowest BCUT2D eigenvalue weighted by atomic mass is 9.95. The molecule has 0 atom stereocenters. The van der Waals surface area contributed by atoms with Gasteiger partial charge in [-0.25, -0.2) is 0 Å². The summed E-state index contributed by atoms with van der Waals surface area (Å²) in [6, 6.07) is 8.83. The zero-order valence-corrected chi connectivity index (χ0v) is 17.7. The van der Waals surface area contributed by atoms with E-state index in [0.29, 0.717) is 0 Å². The summed E-state index contributed by atoms with van der Waals surface area (Å²) in [5.41, 5.74) is 11.1. The summed E-state index contributed by atoms with van der Waals surface area (Å²) in [4.78, 5) is 0. The topological polar surface area (TPSA) is 0 Å². The van der Waals surface area contributed by atoms with Crippen LogP contribution in [0.5, 0.6) is 0 Å². The van der Waals surface area contributed by atoms with Crippen molar-refractivity contribution in [2.75, 3.05) is 0 Å². The molecule has 0 heterocycles. The van der Waals surface area contributed by atoms with Gasteiger partial charge in [-0.15, -0.1) is 0 Å². The first kappa shape index (κ1) is 22.4. The van der Waals surface area contributed by atoms with Gasteiger partial charge in [0.2, 0.25) is 0 Å². The third-order valence-electron chi connectivity index (χ3n) is 3.92. The van der Waals surface area contributed by atoms with Gasteiger partial charge in [-0.3, -0.25) is 0 Å². The maximum absolute atomic E-state index is 3.53. The van der Waals surface area contributed by atoms with Gasteiger partial charge in [0.1, 0.15) is 0 Å². The van der Waals surface area contributed by atoms with Crippen molar-refractivity contribution in [3.05, 3.63) is 68.8 Å². The van der Waals surface area contributed by atoms with Crippen LogP contribution in [0.25, 0.3) is 0 Å². The second kappa shape index (κ2) is 10.3. The molecule has 0 aliphatic rings. The summed E-state index contributed by atoms with van der Waals surface area (Å²) in [6.07, 6.45) is 0. The van der Waals surface area contributed by atoms with Gasteiger partial charge in [-0.2, -0.15) is 0 Å². The molecule has 2 aromatic carbocycles. The highest BCUT2D eigenvalue weighted by molar-refractivity contribution is 9.08. The zero-order valence-electron chi connectivity index (χ0n) is 14.5. The summed E-state index contributed by atoms with van der Waals surface area (Å²) >= 11 is 7.06. The van der Waals surface area contributed by atoms with E-state index in [9.17, 15) is 0 Å². The number of hydrogen-bond acceptors (Lipinski definition) is 0. The number of alkyl halides is 2. The lowest BCUT2D eigenvalue weighted by Crippen LogP contribution is -1.98. The number of rotatable bonds is 2. The molecule has 0 saturated carbocycles. The van der Waals surface area contributed by atoms with Crippen LogP contribution in [0.15, 0.2) is 24.3 Å². The van der Waals surface area contributed by atoms with Crippen molar-refractivity contribution in [2.45, 2.75) is 59.6 Å². The van der Waals surface area contributed by atoms with Crippen molar-refractivity contribution in [3.63, 3.8) is 0 Å². The molecule has 0 radical (unpaired) electrons. The van der Waals surface area contributed by atoms with Crippen LogP contribution in [0.4, 0.5) is 0 Å². The van der Waals surface area contributed by atoms with Crippen LogP contribution in [0.2, 0.25) is 0 Å². The minimum atomic E-state index is 0. The third kappa shape index (κ3) is 6.43. The maximum Gasteiger partial charge on any atom is 0.0288 e. The molecule has 0 N–H and O–H groups in total. The van der Waals surface area contributed by atoms with Gasteiger partial charge in [-0.05, 0) is 69.4 Å². The minimum Gasteiger partial charge on any atom is -0.0876 e. The normalized spacial score (nSPS) is 9.74. The molecule has 2 heteroatoms. The number of halogens is 2. The van der Waals surface area contributed by atoms with Crippen molar-refractivity contribution in [1.82, 2.24) is 0 Å². The molecule has 0 aromatic heterocycles. The molecule has 23 heavy (non-hydrogen) atoms. The Hall–Kier alpha value is -0.600. The first-order chi connectivity index (χ1) is 10.3. The van der Waals surface area contributed by atoms with E-state index < -0.39 is 0 Å². The van der Waals surface area contributed by atoms with Gasteiger partial charge in [0.05, 0.1) is 0 Å². The highest BCUT2D eigenvalue weighted by atomic mass is 79.9. The van der Waals surface area contributed by atoms with Crippen molar-refractivity contribution >= 4 is 31.9 Å². The van der Waals surface area contributed by atoms with Crippen LogP contribution < -0.4 is 0 Å². The zero-order chi connectivity index (χ0) is 16.9. The van der Waals surface area contributed by atoms with Gasteiger partial charge >= 0.3 is 0 Å². The molecule has 0 aliphatic carbocycles. The summed E-state index contributed by atoms with van der Waals surface area (Å²) < 4.78 is 0. The van der Waals surface area contributed by atoms with E-state index in [-0.39, 0.29) is 7.43 Å². The Labute approximate surface area is 160 Å². The Morgan fingerprint density at radius 1 is 0.609 bits per heavy atom. The molecule has 0 amide bonds. The van der Waals surface area contributed by atoms with Gasteiger partial charge < -0.3 is 0 Å². The number of hydrogen-bond donors (Lipinski definition) is 0. The van der Waals surface area contributed by atoms with Gasteiger partial charge in [0.15, 0.2) is 0 Å². The average Bonchev–Trinajstić information content (AvgIpc) is 2.38. The Bertz CT molecular complexity index is 564. The van der Waals surface area contributed by atoms with Crippen LogP contribution in [-0.2, 0) is 10.7 Å². The molecule has 0 unspecified atom stereocenters. The van der Waals surface area contributed by atoms with Crippen LogP contribution >= 0.6 is 31.9 Å². The average molecular weight is 442 g/mol. The fourth-order valence-electron chi connectivity index (χ4n) is 2.89. The molecular formula is C21H30Br2. The van der Waals surface area contributed by atoms with Gasteiger partial charge in [0, 0.05) is 10.7 Å². The summed E-state index contributed by atoms with van der Waals surface area (Å²) in [5, 5.41) is 1.90. The van der Waals surface area contributed by atoms with Crippen molar-refractivity contribution in [1.29, 1.82) is 0 Å². The molecular weight excluding hydrogens is 412 g/mol. The molecule has 128 valence electrons. The Kier molecular flexibility index (Phi) is 10.0. The van der Waals surface area contributed by atoms with E-state index in [2.05, 4.69) is 97.7 Å². The van der Waals surface area contributed by atoms with Gasteiger partial charge in [-0.1, -0.05) is 80.2 Å². The van der Waals surface area contributed by atoms with Crippen LogP contribution in [0.3, 0.4) is 0 Å². The first-order valence-electron chi connectivity index (χ1n) is 7.55. The fraction of sp³-hybridized carbons (Fsp3) is 0.429. The van der Waals surface area contributed by atoms with E-state index >= 15 is 0 Å². The highest BCUT2D eigenvalue weighted by Crippen LogP contribution is 2.25. The van der Waals surface area contributed by atoms with Crippen molar-refractivity contribution in [3.8, 4) is 0 Å². The van der Waals surface area contributed by atoms with Crippen LogP contribution in [0.1, 0.15) is 51.9 Å². The first-order valence-corrected chi connectivity index (χ1v) is 9.79. The summed E-state index contributed by atoms with van der Waals surface area (Å²) in [5.74, 6) is 0. The maximum atomic E-state index is 3.53. The standard InChI is InChI=1S/C11H14Br2.C9H12.CH4/c1-7-4-8(2)11(6-13)9(3)10(7)5-12;1-7-4-8(2)6-9(3)5-7;/h4H,5-6H2,1-3H3;4-6H,1-3H3;1H4. The lowest BCUT2D eigenvalue weighted by Gasteiger charge is -2.14. The lowest BCUT2D eigenvalue weighted by molar-refractivity contribution is 1.16. The Morgan fingerprint density at radius 2 is 0.913 bits per heavy atom. The number of benzene rings is 2. The largest absolute Gasteiger partial charge is 0.0876 e. The molecule has 0 saturated heterocycles. The van der Waals surface area contributed by atoms with Gasteiger partial charge in [0.25, 0.3) is 0 Å². The molecule has 0 aliphatic heterocycles. The predicted molar refractivity (Wildman–Crippen MR) is 113 cm³/mol. The second-order valence-electron chi connectivity index (χ2n) is 6.02. The molecule has 0 fully saturated rings. The number of aryl methyl sites for hydroxylation is 5. The third-order valence-corrected chi connectivity index (χ3v) is 5.05. The van der Waals surface area contributed by atoms with E-state index in [0.717, 1.165) is 10.7 Å². The molecule has 2 rings (SSSR count). The quantitative estimate of drug-likeness (QED) is 0.419. The van der Waals surface area contributed by atoms with Crippen LogP contribution in [0, 0.1) is 41.5 Å². The van der Waals surface area contributed by atoms with Crippen molar-refractivity contribution in [2.24, 2.45) is 0 Å². The highest BCUT2D eigenvalue weighted by Gasteiger charge is 2.08. The second-order valence-corrected chi connectivity index (χ2v) is 7.15.